The number of aromatic hydroxyl groups is 1. The number of hydrogen-bond donors (Lipinski definition) is 1. The predicted molar refractivity (Wildman–Crippen MR) is 173 cm³/mol. The summed E-state index contributed by atoms with van der Waals surface area (Å²) in [6, 6.07) is 14.3. The molecule has 3 aliphatic heterocycles. The molecule has 238 valence electrons. The molecule has 0 bridgehead atoms. The van der Waals surface area contributed by atoms with E-state index in [1.165, 1.54) is 0 Å². The lowest BCUT2D eigenvalue weighted by Gasteiger charge is -2.42. The number of likely N-dealkylation sites (N-methyl/N-ethyl adjacent to an activating group) is 1. The summed E-state index contributed by atoms with van der Waals surface area (Å²) in [6.07, 6.45) is 2.73. The van der Waals surface area contributed by atoms with E-state index in [1.807, 2.05) is 45.0 Å². The number of rotatable bonds is 6. The number of likely N-dealkylation sites (tertiary alicyclic amines) is 1. The summed E-state index contributed by atoms with van der Waals surface area (Å²) < 4.78 is 12.0. The molecule has 1 N–H and O–H groups in total. The quantitative estimate of drug-likeness (QED) is 0.419. The number of piperazine rings is 1. The molecule has 0 radical (unpaired) electrons. The minimum atomic E-state index is -0.622. The Bertz CT molecular complexity index is 1600. The van der Waals surface area contributed by atoms with Gasteiger partial charge < -0.3 is 34.2 Å². The van der Waals surface area contributed by atoms with E-state index in [2.05, 4.69) is 33.9 Å². The van der Waals surface area contributed by atoms with Gasteiger partial charge in [-0.05, 0) is 65.1 Å². The molecule has 3 aromatic rings. The Morgan fingerprint density at radius 2 is 1.91 bits per heavy atom. The summed E-state index contributed by atoms with van der Waals surface area (Å²) in [4.78, 5) is 31.4. The molecular formula is C34H43N7O4. The van der Waals surface area contributed by atoms with Gasteiger partial charge in [-0.1, -0.05) is 24.3 Å². The van der Waals surface area contributed by atoms with Gasteiger partial charge >= 0.3 is 12.1 Å². The van der Waals surface area contributed by atoms with Gasteiger partial charge in [0.15, 0.2) is 0 Å². The third-order valence-corrected chi connectivity index (χ3v) is 9.00. The highest BCUT2D eigenvalue weighted by Crippen LogP contribution is 2.37. The summed E-state index contributed by atoms with van der Waals surface area (Å²) in [5, 5.41) is 22.2. The lowest BCUT2D eigenvalue weighted by molar-refractivity contribution is 0.0144. The molecule has 0 saturated carbocycles. The average Bonchev–Trinajstić information content (AvgIpc) is 3.42. The average molecular weight is 614 g/mol. The van der Waals surface area contributed by atoms with Crippen LogP contribution in [0.3, 0.4) is 0 Å². The number of amides is 1. The molecule has 11 nitrogen and oxygen atoms in total. The zero-order chi connectivity index (χ0) is 31.7. The maximum Gasteiger partial charge on any atom is 0.410 e. The van der Waals surface area contributed by atoms with Crippen LogP contribution in [0.5, 0.6) is 11.8 Å². The zero-order valence-electron chi connectivity index (χ0n) is 26.7. The van der Waals surface area contributed by atoms with Crippen LogP contribution in [-0.2, 0) is 17.7 Å². The Kier molecular flexibility index (Phi) is 8.60. The maximum absolute atomic E-state index is 13.1. The fraction of sp³-hybridized carbons (Fsp3) is 0.529. The Hall–Kier alpha value is -4.30. The molecule has 0 aliphatic carbocycles. The number of anilines is 2. The predicted octanol–water partition coefficient (Wildman–Crippen LogP) is 4.71. The number of fused-ring (bicyclic) bond motifs is 2. The number of benzene rings is 2. The van der Waals surface area contributed by atoms with Crippen molar-refractivity contribution in [3.63, 3.8) is 0 Å². The first-order valence-corrected chi connectivity index (χ1v) is 15.9. The number of nitrogens with zero attached hydrogens (tertiary/aromatic N) is 7. The van der Waals surface area contributed by atoms with Crippen LogP contribution >= 0.6 is 0 Å². The lowest BCUT2D eigenvalue weighted by atomic mass is 10.0. The first kappa shape index (κ1) is 30.7. The molecule has 0 unspecified atom stereocenters. The smallest absolute Gasteiger partial charge is 0.410 e. The van der Waals surface area contributed by atoms with E-state index >= 15 is 0 Å². The number of phenols is 1. The Morgan fingerprint density at radius 1 is 1.09 bits per heavy atom. The molecule has 1 aromatic heterocycles. The molecule has 11 heteroatoms. The second-order valence-corrected chi connectivity index (χ2v) is 13.3. The summed E-state index contributed by atoms with van der Waals surface area (Å²) in [6.45, 7) is 9.81. The number of nitriles is 1. The van der Waals surface area contributed by atoms with Crippen LogP contribution < -0.4 is 14.5 Å². The highest BCUT2D eigenvalue weighted by molar-refractivity contribution is 5.95. The summed E-state index contributed by atoms with van der Waals surface area (Å²) in [5.74, 6) is 1.04. The van der Waals surface area contributed by atoms with E-state index < -0.39 is 11.7 Å². The van der Waals surface area contributed by atoms with Crippen LogP contribution in [0.2, 0.25) is 0 Å². The third-order valence-electron chi connectivity index (χ3n) is 9.00. The van der Waals surface area contributed by atoms with Crippen molar-refractivity contribution in [2.45, 2.75) is 70.7 Å². The Morgan fingerprint density at radius 3 is 2.67 bits per heavy atom. The number of carbonyl (C=O) groups is 1. The van der Waals surface area contributed by atoms with Crippen LogP contribution in [0.15, 0.2) is 36.4 Å². The minimum Gasteiger partial charge on any atom is -0.508 e. The molecule has 3 aliphatic rings. The van der Waals surface area contributed by atoms with Gasteiger partial charge in [0, 0.05) is 54.9 Å². The van der Waals surface area contributed by atoms with Crippen molar-refractivity contribution in [3.8, 4) is 17.8 Å². The van der Waals surface area contributed by atoms with Crippen LogP contribution in [0.25, 0.3) is 10.8 Å². The number of hydrogen-bond acceptors (Lipinski definition) is 10. The summed E-state index contributed by atoms with van der Waals surface area (Å²) in [7, 11) is 2.12. The molecule has 0 spiro atoms. The van der Waals surface area contributed by atoms with Crippen molar-refractivity contribution >= 4 is 28.4 Å². The van der Waals surface area contributed by atoms with E-state index in [-0.39, 0.29) is 18.2 Å². The molecule has 6 rings (SSSR count). The lowest BCUT2D eigenvalue weighted by Crippen LogP contribution is -2.56. The molecule has 2 fully saturated rings. The van der Waals surface area contributed by atoms with E-state index in [9.17, 15) is 15.2 Å². The van der Waals surface area contributed by atoms with Gasteiger partial charge in [-0.15, -0.1) is 0 Å². The SMILES string of the molecule is CN1CCC[C@H]1COc1nc2c(c(N3CCN(C(=O)OC(C)(C)C)[C@@H](CC#N)C3)n1)CCN(c1cc(O)cc3ccccc13)C2. The van der Waals surface area contributed by atoms with Crippen molar-refractivity contribution in [2.24, 2.45) is 0 Å². The van der Waals surface area contributed by atoms with Gasteiger partial charge in [0.2, 0.25) is 0 Å². The van der Waals surface area contributed by atoms with Gasteiger partial charge in [0.1, 0.15) is 23.8 Å². The summed E-state index contributed by atoms with van der Waals surface area (Å²) in [5.41, 5.74) is 2.29. The van der Waals surface area contributed by atoms with E-state index in [0.29, 0.717) is 51.3 Å². The normalized spacial score (nSPS) is 20.6. The molecule has 45 heavy (non-hydrogen) atoms. The highest BCUT2D eigenvalue weighted by Gasteiger charge is 2.36. The van der Waals surface area contributed by atoms with E-state index in [1.54, 1.807) is 11.0 Å². The minimum absolute atomic E-state index is 0.193. The number of carbonyl (C=O) groups excluding carboxylic acids is 1. The third kappa shape index (κ3) is 6.71. The van der Waals surface area contributed by atoms with Gasteiger partial charge in [0.25, 0.3) is 0 Å². The van der Waals surface area contributed by atoms with Crippen molar-refractivity contribution in [1.82, 2.24) is 19.8 Å². The van der Waals surface area contributed by atoms with Gasteiger partial charge in [-0.25, -0.2) is 4.79 Å². The van der Waals surface area contributed by atoms with Crippen LogP contribution in [-0.4, -0.2) is 95.0 Å². The maximum atomic E-state index is 13.1. The zero-order valence-corrected chi connectivity index (χ0v) is 26.7. The Labute approximate surface area is 265 Å². The van der Waals surface area contributed by atoms with Crippen LogP contribution in [0.1, 0.15) is 51.3 Å². The van der Waals surface area contributed by atoms with Crippen molar-refractivity contribution in [1.29, 1.82) is 5.26 Å². The molecule has 1 amide bonds. The molecule has 2 aromatic carbocycles. The van der Waals surface area contributed by atoms with Gasteiger partial charge in [-0.2, -0.15) is 15.2 Å². The number of ether oxygens (including phenoxy) is 2. The van der Waals surface area contributed by atoms with Crippen molar-refractivity contribution < 1.29 is 19.4 Å². The second kappa shape index (κ2) is 12.6. The topological polar surface area (TPSA) is 118 Å². The standard InChI is InChI=1S/C34H43N7O4/c1-34(2,3)45-33(43)41-17-16-40(20-24(41)11-13-35)31-28-12-15-39(30-19-26(42)18-23-8-5-6-10-27(23)30)21-29(28)36-32(37-31)44-22-25-9-7-14-38(25)4/h5-6,8,10,18-19,24-25,42H,7,9,11-12,14-17,20-22H2,1-4H3/t24-,25-/m0/s1. The summed E-state index contributed by atoms with van der Waals surface area (Å²) >= 11 is 0. The number of aromatic nitrogens is 2. The largest absolute Gasteiger partial charge is 0.508 e. The molecule has 4 heterocycles. The fourth-order valence-corrected chi connectivity index (χ4v) is 6.71. The van der Waals surface area contributed by atoms with Gasteiger partial charge in [0.05, 0.1) is 30.8 Å². The monoisotopic (exact) mass is 613 g/mol. The van der Waals surface area contributed by atoms with E-state index in [0.717, 1.165) is 59.5 Å². The molecule has 2 atom stereocenters. The first-order valence-electron chi connectivity index (χ1n) is 15.9. The van der Waals surface area contributed by atoms with Gasteiger partial charge in [-0.3, -0.25) is 0 Å². The fourth-order valence-electron chi connectivity index (χ4n) is 6.71. The first-order chi connectivity index (χ1) is 21.6. The molecule has 2 saturated heterocycles. The number of phenolic OH excluding ortho intramolecular Hbond substituents is 1. The highest BCUT2D eigenvalue weighted by atomic mass is 16.6. The van der Waals surface area contributed by atoms with Crippen molar-refractivity contribution in [2.75, 3.05) is 56.2 Å². The van der Waals surface area contributed by atoms with Crippen LogP contribution in [0.4, 0.5) is 16.3 Å². The molecular weight excluding hydrogens is 570 g/mol. The van der Waals surface area contributed by atoms with Crippen molar-refractivity contribution in [3.05, 3.63) is 47.7 Å². The van der Waals surface area contributed by atoms with Crippen LogP contribution in [0, 0.1) is 11.3 Å². The van der Waals surface area contributed by atoms with E-state index in [4.69, 9.17) is 19.4 Å². The second-order valence-electron chi connectivity index (χ2n) is 13.3. The Balaban J connectivity index is 1.32.